The Kier molecular flexibility index (Phi) is 5.30. The molecule has 1 aliphatic rings. The maximum absolute atomic E-state index is 11.9. The Bertz CT molecular complexity index is 689. The first kappa shape index (κ1) is 15.2. The molecule has 0 saturated heterocycles. The molecule has 1 saturated carbocycles. The summed E-state index contributed by atoms with van der Waals surface area (Å²) in [5.74, 6) is 0.815. The molecule has 6 heteroatoms. The summed E-state index contributed by atoms with van der Waals surface area (Å²) in [6.45, 7) is 6.27. The molecule has 24 heavy (non-hydrogen) atoms. The number of hydrogen-bond donors (Lipinski definition) is 1. The van der Waals surface area contributed by atoms with Crippen molar-refractivity contribution in [3.05, 3.63) is 21.8 Å². The first-order chi connectivity index (χ1) is 12.5. The molecule has 1 aromatic rings. The predicted molar refractivity (Wildman–Crippen MR) is 105 cm³/mol. The normalized spacial score (nSPS) is 23.0. The van der Waals surface area contributed by atoms with E-state index in [2.05, 4.69) is 10.3 Å². The fourth-order valence-corrected chi connectivity index (χ4v) is 3.14. The van der Waals surface area contributed by atoms with Gasteiger partial charge in [0.05, 0.1) is 4.11 Å². The van der Waals surface area contributed by atoms with E-state index >= 15 is 0 Å². The van der Waals surface area contributed by atoms with E-state index in [1.165, 1.54) is 0 Å². The van der Waals surface area contributed by atoms with Crippen LogP contribution in [0.5, 0.6) is 0 Å². The highest BCUT2D eigenvalue weighted by molar-refractivity contribution is 14.1. The summed E-state index contributed by atoms with van der Waals surface area (Å²) in [5.41, 5.74) is -0.494. The highest BCUT2D eigenvalue weighted by Crippen LogP contribution is 2.26. The van der Waals surface area contributed by atoms with Gasteiger partial charge in [0.2, 0.25) is 0 Å². The van der Waals surface area contributed by atoms with Crippen LogP contribution >= 0.6 is 22.6 Å². The van der Waals surface area contributed by atoms with Crippen LogP contribution in [0.4, 0.5) is 10.6 Å². The van der Waals surface area contributed by atoms with E-state index < -0.39 is 5.60 Å². The molecule has 0 aromatic carbocycles. The Hall–Kier alpha value is -1.05. The van der Waals surface area contributed by atoms with Crippen molar-refractivity contribution in [2.75, 3.05) is 18.5 Å². The van der Waals surface area contributed by atoms with Gasteiger partial charge in [-0.1, -0.05) is 0 Å². The van der Waals surface area contributed by atoms with Crippen LogP contribution in [0.25, 0.3) is 0 Å². The molecule has 1 amide bonds. The maximum Gasteiger partial charge on any atom is 0.407 e. The molecule has 0 radical (unpaired) electrons. The lowest BCUT2D eigenvalue weighted by Gasteiger charge is -2.32. The average molecular weight is 448 g/mol. The van der Waals surface area contributed by atoms with Gasteiger partial charge in [-0.3, -0.25) is 0 Å². The molecule has 0 aliphatic heterocycles. The van der Waals surface area contributed by atoms with Gasteiger partial charge in [-0.2, -0.15) is 0 Å². The number of alkyl carbamates (subject to hydrolysis) is 1. The molecular formula is C18H28IN3O2. The molecule has 1 fully saturated rings. The van der Waals surface area contributed by atoms with Crippen LogP contribution in [0, 0.1) is 9.49 Å². The highest BCUT2D eigenvalue weighted by Gasteiger charge is 2.25. The lowest BCUT2D eigenvalue weighted by atomic mass is 9.86. The largest absolute Gasteiger partial charge is 0.444 e. The van der Waals surface area contributed by atoms with Gasteiger partial charge < -0.3 is 15.0 Å². The Morgan fingerprint density at radius 1 is 1.42 bits per heavy atom. The van der Waals surface area contributed by atoms with Crippen molar-refractivity contribution in [1.82, 2.24) is 10.3 Å². The number of carbonyl (C=O) groups is 1. The number of pyridine rings is 1. The van der Waals surface area contributed by atoms with Crippen molar-refractivity contribution in [1.29, 1.82) is 0 Å². The SMILES string of the molecule is [2H]c1nc(N(C)CC2CCC(NC(=O)OC(C)(C)C)CC2)c([2H])c([2H])c1I. The second-order valence-electron chi connectivity index (χ2n) is 7.36. The van der Waals surface area contributed by atoms with Crippen LogP contribution in [0.3, 0.4) is 0 Å². The van der Waals surface area contributed by atoms with Gasteiger partial charge in [-0.05, 0) is 87.0 Å². The minimum atomic E-state index is -0.494. The Morgan fingerprint density at radius 2 is 2.08 bits per heavy atom. The van der Waals surface area contributed by atoms with Crippen LogP contribution in [0.2, 0.25) is 0 Å². The highest BCUT2D eigenvalue weighted by atomic mass is 127. The predicted octanol–water partition coefficient (Wildman–Crippen LogP) is 4.21. The third kappa shape index (κ3) is 6.45. The molecule has 1 N–H and O–H groups in total. The molecule has 5 nitrogen and oxygen atoms in total. The van der Waals surface area contributed by atoms with Gasteiger partial charge in [0.1, 0.15) is 11.4 Å². The number of amides is 1. The zero-order chi connectivity index (χ0) is 20.4. The van der Waals surface area contributed by atoms with E-state index in [-0.39, 0.29) is 30.4 Å². The molecular weight excluding hydrogens is 417 g/mol. The molecule has 0 atom stereocenters. The fourth-order valence-electron chi connectivity index (χ4n) is 2.89. The fraction of sp³-hybridized carbons (Fsp3) is 0.667. The van der Waals surface area contributed by atoms with E-state index in [4.69, 9.17) is 8.85 Å². The van der Waals surface area contributed by atoms with Crippen LogP contribution in [-0.2, 0) is 4.74 Å². The summed E-state index contributed by atoms with van der Waals surface area (Å²) in [5, 5.41) is 2.94. The number of nitrogens with zero attached hydrogens (tertiary/aromatic N) is 2. The van der Waals surface area contributed by atoms with Crippen LogP contribution < -0.4 is 10.2 Å². The van der Waals surface area contributed by atoms with Crippen LogP contribution in [-0.4, -0.2) is 36.3 Å². The molecule has 1 aromatic heterocycles. The summed E-state index contributed by atoms with van der Waals surface area (Å²) in [6.07, 6.45) is 3.38. The van der Waals surface area contributed by atoms with Gasteiger partial charge in [0, 0.05) is 29.4 Å². The van der Waals surface area contributed by atoms with Crippen LogP contribution in [0.1, 0.15) is 50.6 Å². The Morgan fingerprint density at radius 3 is 2.71 bits per heavy atom. The first-order valence-electron chi connectivity index (χ1n) is 9.82. The summed E-state index contributed by atoms with van der Waals surface area (Å²) in [4.78, 5) is 18.0. The van der Waals surface area contributed by atoms with Gasteiger partial charge in [-0.15, -0.1) is 0 Å². The Balaban J connectivity index is 1.88. The van der Waals surface area contributed by atoms with E-state index in [9.17, 15) is 4.79 Å². The number of anilines is 1. The number of carbonyl (C=O) groups excluding carboxylic acids is 1. The number of nitrogens with one attached hydrogen (secondary N) is 1. The van der Waals surface area contributed by atoms with Gasteiger partial charge in [0.15, 0.2) is 0 Å². The van der Waals surface area contributed by atoms with Gasteiger partial charge in [-0.25, -0.2) is 9.78 Å². The van der Waals surface area contributed by atoms with Crippen molar-refractivity contribution < 1.29 is 13.6 Å². The summed E-state index contributed by atoms with van der Waals surface area (Å²) < 4.78 is 29.7. The number of aromatic nitrogens is 1. The van der Waals surface area contributed by atoms with Crippen LogP contribution in [0.15, 0.2) is 18.3 Å². The average Bonchev–Trinajstić information content (AvgIpc) is 2.56. The van der Waals surface area contributed by atoms with Crippen molar-refractivity contribution in [2.45, 2.75) is 58.1 Å². The summed E-state index contributed by atoms with van der Waals surface area (Å²) >= 11 is 1.89. The lowest BCUT2D eigenvalue weighted by molar-refractivity contribution is 0.0488. The minimum absolute atomic E-state index is 0.0451. The second-order valence-corrected chi connectivity index (χ2v) is 8.43. The third-order valence-electron chi connectivity index (χ3n) is 4.01. The molecule has 0 spiro atoms. The molecule has 0 unspecified atom stereocenters. The summed E-state index contributed by atoms with van der Waals surface area (Å²) in [6, 6.07) is 0.255. The quantitative estimate of drug-likeness (QED) is 0.702. The topological polar surface area (TPSA) is 54.5 Å². The number of halogens is 1. The molecule has 134 valence electrons. The van der Waals surface area contributed by atoms with Crippen molar-refractivity contribution in [3.8, 4) is 0 Å². The van der Waals surface area contributed by atoms with Crippen molar-refractivity contribution >= 4 is 34.5 Å². The number of hydrogen-bond acceptors (Lipinski definition) is 4. The van der Waals surface area contributed by atoms with Gasteiger partial charge >= 0.3 is 6.09 Å². The van der Waals surface area contributed by atoms with E-state index in [1.54, 1.807) is 0 Å². The molecule has 1 aliphatic carbocycles. The van der Waals surface area contributed by atoms with E-state index in [0.717, 1.165) is 32.2 Å². The monoisotopic (exact) mass is 448 g/mol. The van der Waals surface area contributed by atoms with Gasteiger partial charge in [0.25, 0.3) is 0 Å². The van der Waals surface area contributed by atoms with Crippen molar-refractivity contribution in [3.63, 3.8) is 0 Å². The molecule has 0 bridgehead atoms. The summed E-state index contributed by atoms with van der Waals surface area (Å²) in [7, 11) is 1.86. The zero-order valence-electron chi connectivity index (χ0n) is 17.8. The number of rotatable bonds is 4. The smallest absolute Gasteiger partial charge is 0.407 e. The minimum Gasteiger partial charge on any atom is -0.444 e. The third-order valence-corrected chi connectivity index (χ3v) is 4.52. The molecule has 1 heterocycles. The lowest BCUT2D eigenvalue weighted by Crippen LogP contribution is -2.42. The van der Waals surface area contributed by atoms with E-state index in [0.29, 0.717) is 15.3 Å². The molecule has 2 rings (SSSR count). The maximum atomic E-state index is 11.9. The Labute approximate surface area is 162 Å². The zero-order valence-corrected chi connectivity index (χ0v) is 16.9. The van der Waals surface area contributed by atoms with E-state index in [1.807, 2.05) is 55.3 Å². The second kappa shape index (κ2) is 8.36. The standard InChI is InChI=1S/C18H28IN3O2/c1-18(2,3)24-17(23)21-15-8-5-13(6-9-15)12-22(4)16-10-7-14(19)11-20-16/h7,10-11,13,15H,5-6,8-9,12H2,1-4H3,(H,21,23)/i7D,10D,11D. The number of ether oxygens (including phenoxy) is 1. The first-order valence-corrected chi connectivity index (χ1v) is 9.39. The van der Waals surface area contributed by atoms with Crippen molar-refractivity contribution in [2.24, 2.45) is 5.92 Å².